The fraction of sp³-hybridized carbons (Fsp3) is 0.469. The van der Waals surface area contributed by atoms with Crippen LogP contribution in [0.1, 0.15) is 50.5 Å². The van der Waals surface area contributed by atoms with Crippen molar-refractivity contribution < 1.29 is 22.8 Å². The van der Waals surface area contributed by atoms with Crippen molar-refractivity contribution in [2.24, 2.45) is 11.3 Å². The smallest absolute Gasteiger partial charge is 0.268 e. The van der Waals surface area contributed by atoms with Gasteiger partial charge in [-0.2, -0.15) is 4.31 Å². The van der Waals surface area contributed by atoms with E-state index in [2.05, 4.69) is 10.3 Å². The molecule has 2 aromatic carbocycles. The predicted molar refractivity (Wildman–Crippen MR) is 173 cm³/mol. The van der Waals surface area contributed by atoms with E-state index in [0.717, 1.165) is 10.9 Å². The van der Waals surface area contributed by atoms with Crippen molar-refractivity contribution in [1.29, 1.82) is 0 Å². The van der Waals surface area contributed by atoms with E-state index in [9.17, 15) is 22.8 Å². The standard InChI is InChI=1S/C32H37Cl2N5O5S/c1-32(2,3)28(36-29(40)26-13-19-7-4-5-9-25(19)35-26)31(42)39-18-22-15-23(39)17-38(22)30(41)20-8-6-12-37(16-20)45(43,44)27-14-21(33)10-11-24(27)34/h4-5,7,9-11,13-14,20,22-23,28,35H,6,8,12,15-18H2,1-3H3,(H,36,40)/t20-,22-,23-,28+/m0/s1. The van der Waals surface area contributed by atoms with Crippen LogP contribution in [0.2, 0.25) is 10.0 Å². The maximum atomic E-state index is 13.9. The highest BCUT2D eigenvalue weighted by atomic mass is 35.5. The molecule has 1 aromatic heterocycles. The molecule has 0 unspecified atom stereocenters. The van der Waals surface area contributed by atoms with Crippen LogP contribution in [0.15, 0.2) is 53.4 Å². The summed E-state index contributed by atoms with van der Waals surface area (Å²) in [6.45, 7) is 6.87. The Morgan fingerprint density at radius 3 is 2.38 bits per heavy atom. The number of rotatable bonds is 6. The van der Waals surface area contributed by atoms with E-state index in [4.69, 9.17) is 23.2 Å². The summed E-state index contributed by atoms with van der Waals surface area (Å²) in [5.41, 5.74) is 0.674. The van der Waals surface area contributed by atoms with Crippen molar-refractivity contribution in [2.75, 3.05) is 26.2 Å². The molecule has 4 atom stereocenters. The summed E-state index contributed by atoms with van der Waals surface area (Å²) in [7, 11) is -3.94. The number of fused-ring (bicyclic) bond motifs is 3. The van der Waals surface area contributed by atoms with Crippen molar-refractivity contribution in [3.63, 3.8) is 0 Å². The lowest BCUT2D eigenvalue weighted by Crippen LogP contribution is -2.60. The van der Waals surface area contributed by atoms with E-state index in [1.54, 1.807) is 11.0 Å². The van der Waals surface area contributed by atoms with Crippen LogP contribution in [-0.4, -0.2) is 89.5 Å². The Hall–Kier alpha value is -3.12. The number of aromatic amines is 1. The zero-order valence-corrected chi connectivity index (χ0v) is 27.8. The summed E-state index contributed by atoms with van der Waals surface area (Å²) < 4.78 is 28.2. The number of nitrogens with zero attached hydrogens (tertiary/aromatic N) is 3. The molecule has 0 spiro atoms. The number of benzene rings is 2. The molecule has 10 nitrogen and oxygen atoms in total. The quantitative estimate of drug-likeness (QED) is 0.398. The summed E-state index contributed by atoms with van der Waals surface area (Å²) in [6.07, 6.45) is 1.78. The predicted octanol–water partition coefficient (Wildman–Crippen LogP) is 4.53. The van der Waals surface area contributed by atoms with Gasteiger partial charge in [0.05, 0.1) is 23.0 Å². The Morgan fingerprint density at radius 1 is 0.978 bits per heavy atom. The number of hydrogen-bond acceptors (Lipinski definition) is 5. The molecule has 13 heteroatoms. The lowest BCUT2D eigenvalue weighted by Gasteiger charge is -2.41. The molecule has 3 aliphatic heterocycles. The lowest BCUT2D eigenvalue weighted by atomic mass is 9.85. The molecule has 3 amide bonds. The highest BCUT2D eigenvalue weighted by Gasteiger charge is 2.51. The van der Waals surface area contributed by atoms with Gasteiger partial charge in [-0.05, 0) is 55.0 Å². The van der Waals surface area contributed by atoms with E-state index in [0.29, 0.717) is 44.6 Å². The number of carbonyl (C=O) groups excluding carboxylic acids is 3. The van der Waals surface area contributed by atoms with E-state index >= 15 is 0 Å². The Labute approximate surface area is 273 Å². The molecule has 45 heavy (non-hydrogen) atoms. The molecule has 2 bridgehead atoms. The molecule has 3 fully saturated rings. The molecular weight excluding hydrogens is 637 g/mol. The number of sulfonamides is 1. The average Bonchev–Trinajstić information content (AvgIpc) is 3.74. The summed E-state index contributed by atoms with van der Waals surface area (Å²) in [5.74, 6) is -1.10. The Morgan fingerprint density at radius 2 is 1.69 bits per heavy atom. The monoisotopic (exact) mass is 673 g/mol. The van der Waals surface area contributed by atoms with Gasteiger partial charge in [-0.25, -0.2) is 8.42 Å². The second-order valence-corrected chi connectivity index (χ2v) is 16.1. The number of halogens is 2. The summed E-state index contributed by atoms with van der Waals surface area (Å²) in [6, 6.07) is 12.6. The molecule has 3 aromatic rings. The van der Waals surface area contributed by atoms with Crippen LogP contribution in [0.25, 0.3) is 10.9 Å². The topological polar surface area (TPSA) is 123 Å². The molecule has 240 valence electrons. The zero-order valence-electron chi connectivity index (χ0n) is 25.4. The van der Waals surface area contributed by atoms with Crippen LogP contribution >= 0.6 is 23.2 Å². The van der Waals surface area contributed by atoms with Gasteiger partial charge < -0.3 is 20.1 Å². The molecule has 6 rings (SSSR count). The molecule has 3 saturated heterocycles. The van der Waals surface area contributed by atoms with Crippen LogP contribution in [0, 0.1) is 11.3 Å². The third-order valence-electron chi connectivity index (χ3n) is 9.21. The number of carbonyl (C=O) groups is 3. The minimum atomic E-state index is -3.94. The SMILES string of the molecule is CC(C)(C)[C@H](NC(=O)c1cc2ccccc2[nH]1)C(=O)N1C[C@@H]2C[C@H]1CN2C(=O)[C@H]1CCCN(S(=O)(=O)c2cc(Cl)ccc2Cl)C1. The first-order chi connectivity index (χ1) is 21.2. The van der Waals surface area contributed by atoms with E-state index in [1.807, 2.05) is 49.9 Å². The number of hydrogen-bond donors (Lipinski definition) is 2. The maximum Gasteiger partial charge on any atom is 0.268 e. The second-order valence-electron chi connectivity index (χ2n) is 13.3. The van der Waals surface area contributed by atoms with Crippen LogP contribution in [0.3, 0.4) is 0 Å². The average molecular weight is 675 g/mol. The first-order valence-electron chi connectivity index (χ1n) is 15.2. The zero-order chi connectivity index (χ0) is 32.3. The van der Waals surface area contributed by atoms with Crippen molar-refractivity contribution >= 4 is 61.8 Å². The van der Waals surface area contributed by atoms with Gasteiger partial charge in [0, 0.05) is 42.1 Å². The minimum absolute atomic E-state index is 0.0619. The Balaban J connectivity index is 1.11. The normalized spacial score (nSPS) is 23.0. The van der Waals surface area contributed by atoms with Gasteiger partial charge in [0.1, 0.15) is 16.6 Å². The fourth-order valence-electron chi connectivity index (χ4n) is 6.84. The highest BCUT2D eigenvalue weighted by Crippen LogP contribution is 2.36. The van der Waals surface area contributed by atoms with Gasteiger partial charge in [0.25, 0.3) is 5.91 Å². The second kappa shape index (κ2) is 11.9. The highest BCUT2D eigenvalue weighted by molar-refractivity contribution is 7.89. The molecule has 4 heterocycles. The summed E-state index contributed by atoms with van der Waals surface area (Å²) in [5, 5.41) is 4.23. The van der Waals surface area contributed by atoms with Gasteiger partial charge in [-0.3, -0.25) is 14.4 Å². The van der Waals surface area contributed by atoms with Crippen molar-refractivity contribution in [3.8, 4) is 0 Å². The maximum absolute atomic E-state index is 13.9. The third-order valence-corrected chi connectivity index (χ3v) is 11.8. The van der Waals surface area contributed by atoms with E-state index in [1.165, 1.54) is 22.5 Å². The number of amides is 3. The Kier molecular flexibility index (Phi) is 8.43. The van der Waals surface area contributed by atoms with Crippen LogP contribution in [-0.2, 0) is 19.6 Å². The van der Waals surface area contributed by atoms with Crippen molar-refractivity contribution in [2.45, 2.75) is 63.1 Å². The van der Waals surface area contributed by atoms with E-state index in [-0.39, 0.29) is 51.3 Å². The van der Waals surface area contributed by atoms with Gasteiger partial charge in [-0.15, -0.1) is 0 Å². The number of nitrogens with one attached hydrogen (secondary N) is 2. The van der Waals surface area contributed by atoms with Crippen molar-refractivity contribution in [3.05, 3.63) is 64.3 Å². The molecular formula is C32H37Cl2N5O5S. The Bertz CT molecular complexity index is 1740. The first kappa shape index (κ1) is 31.8. The molecule has 0 radical (unpaired) electrons. The molecule has 0 saturated carbocycles. The van der Waals surface area contributed by atoms with Crippen LogP contribution < -0.4 is 5.32 Å². The van der Waals surface area contributed by atoms with Gasteiger partial charge >= 0.3 is 0 Å². The largest absolute Gasteiger partial charge is 0.351 e. The number of aromatic nitrogens is 1. The van der Waals surface area contributed by atoms with Crippen LogP contribution in [0.5, 0.6) is 0 Å². The van der Waals surface area contributed by atoms with Crippen molar-refractivity contribution in [1.82, 2.24) is 24.4 Å². The number of likely N-dealkylation sites (tertiary alicyclic amines) is 2. The molecule has 0 aliphatic carbocycles. The molecule has 2 N–H and O–H groups in total. The first-order valence-corrected chi connectivity index (χ1v) is 17.4. The van der Waals surface area contributed by atoms with Crippen LogP contribution in [0.4, 0.5) is 0 Å². The van der Waals surface area contributed by atoms with Gasteiger partial charge in [0.2, 0.25) is 21.8 Å². The summed E-state index contributed by atoms with van der Waals surface area (Å²) in [4.78, 5) is 47.6. The number of H-pyrrole nitrogens is 1. The third kappa shape index (κ3) is 6.07. The number of piperidine rings is 1. The number of para-hydroxylation sites is 1. The van der Waals surface area contributed by atoms with E-state index < -0.39 is 27.4 Å². The minimum Gasteiger partial charge on any atom is -0.351 e. The lowest BCUT2D eigenvalue weighted by molar-refractivity contribution is -0.145. The molecule has 3 aliphatic rings. The van der Waals surface area contributed by atoms with Gasteiger partial charge in [0.15, 0.2) is 0 Å². The summed E-state index contributed by atoms with van der Waals surface area (Å²) >= 11 is 12.3. The fourth-order valence-corrected chi connectivity index (χ4v) is 9.10. The number of piperazine rings is 1. The van der Waals surface area contributed by atoms with Gasteiger partial charge in [-0.1, -0.05) is 62.2 Å².